The minimum atomic E-state index is -1.17. The summed E-state index contributed by atoms with van der Waals surface area (Å²) in [7, 11) is 1.69. The SMILES string of the molecule is CC(C)N(C(=O)OCc1ccccc1)C(C(=O)O)c1cncn1C. The lowest BCUT2D eigenvalue weighted by atomic mass is 10.1. The number of rotatable bonds is 6. The van der Waals surface area contributed by atoms with Crippen LogP contribution < -0.4 is 0 Å². The number of aliphatic carboxylic acids is 1. The molecule has 0 saturated carbocycles. The zero-order valence-corrected chi connectivity index (χ0v) is 13.9. The van der Waals surface area contributed by atoms with Crippen molar-refractivity contribution in [2.45, 2.75) is 32.5 Å². The minimum Gasteiger partial charge on any atom is -0.479 e. The molecule has 0 aliphatic heterocycles. The molecule has 0 fully saturated rings. The summed E-state index contributed by atoms with van der Waals surface area (Å²) in [5.74, 6) is -1.14. The first-order valence-corrected chi connectivity index (χ1v) is 7.60. The Morgan fingerprint density at radius 1 is 1.29 bits per heavy atom. The number of ether oxygens (including phenoxy) is 1. The Balaban J connectivity index is 2.21. The van der Waals surface area contributed by atoms with Crippen molar-refractivity contribution in [2.75, 3.05) is 0 Å². The van der Waals surface area contributed by atoms with Gasteiger partial charge in [-0.1, -0.05) is 30.3 Å². The molecule has 1 aromatic carbocycles. The van der Waals surface area contributed by atoms with Crippen LogP contribution >= 0.6 is 0 Å². The molecule has 2 aromatic rings. The van der Waals surface area contributed by atoms with Crippen LogP contribution in [0.15, 0.2) is 42.9 Å². The van der Waals surface area contributed by atoms with E-state index >= 15 is 0 Å². The zero-order valence-electron chi connectivity index (χ0n) is 13.9. The molecule has 1 heterocycles. The molecular weight excluding hydrogens is 310 g/mol. The van der Waals surface area contributed by atoms with Crippen LogP contribution in [0.25, 0.3) is 0 Å². The highest BCUT2D eigenvalue weighted by Gasteiger charge is 2.36. The number of benzene rings is 1. The minimum absolute atomic E-state index is 0.0839. The van der Waals surface area contributed by atoms with Gasteiger partial charge in [-0.3, -0.25) is 4.90 Å². The lowest BCUT2D eigenvalue weighted by molar-refractivity contribution is -0.144. The van der Waals surface area contributed by atoms with E-state index in [9.17, 15) is 14.7 Å². The van der Waals surface area contributed by atoms with E-state index in [1.165, 1.54) is 17.4 Å². The Morgan fingerprint density at radius 2 is 1.96 bits per heavy atom. The van der Waals surface area contributed by atoms with Crippen molar-refractivity contribution in [1.82, 2.24) is 14.5 Å². The molecule has 1 atom stereocenters. The van der Waals surface area contributed by atoms with E-state index in [1.807, 2.05) is 30.3 Å². The standard InChI is InChI=1S/C17H21N3O4/c1-12(2)20(15(16(21)22)14-9-18-11-19(14)3)17(23)24-10-13-7-5-4-6-8-13/h4-9,11-12,15H,10H2,1-3H3,(H,21,22). The first kappa shape index (κ1) is 17.5. The van der Waals surface area contributed by atoms with E-state index < -0.39 is 18.1 Å². The van der Waals surface area contributed by atoms with Crippen LogP contribution in [0.3, 0.4) is 0 Å². The highest BCUT2D eigenvalue weighted by molar-refractivity contribution is 5.81. The van der Waals surface area contributed by atoms with Gasteiger partial charge >= 0.3 is 12.1 Å². The number of hydrogen-bond donors (Lipinski definition) is 1. The maximum absolute atomic E-state index is 12.5. The Labute approximate surface area is 140 Å². The lowest BCUT2D eigenvalue weighted by Gasteiger charge is -2.31. The molecule has 7 heteroatoms. The molecule has 0 aliphatic rings. The van der Waals surface area contributed by atoms with Crippen molar-refractivity contribution in [1.29, 1.82) is 0 Å². The monoisotopic (exact) mass is 331 g/mol. The maximum Gasteiger partial charge on any atom is 0.411 e. The molecule has 2 rings (SSSR count). The van der Waals surface area contributed by atoms with Crippen LogP contribution in [0.4, 0.5) is 4.79 Å². The molecule has 1 amide bonds. The molecule has 24 heavy (non-hydrogen) atoms. The van der Waals surface area contributed by atoms with Crippen molar-refractivity contribution in [3.05, 3.63) is 54.1 Å². The Hall–Kier alpha value is -2.83. The second kappa shape index (κ2) is 7.63. The number of imidazole rings is 1. The Kier molecular flexibility index (Phi) is 5.57. The molecule has 1 unspecified atom stereocenters. The van der Waals surface area contributed by atoms with Gasteiger partial charge in [0.25, 0.3) is 0 Å². The molecule has 0 radical (unpaired) electrons. The van der Waals surface area contributed by atoms with Gasteiger partial charge < -0.3 is 14.4 Å². The summed E-state index contributed by atoms with van der Waals surface area (Å²) in [6.45, 7) is 3.58. The summed E-state index contributed by atoms with van der Waals surface area (Å²) in [5.41, 5.74) is 1.25. The molecule has 128 valence electrons. The van der Waals surface area contributed by atoms with E-state index in [2.05, 4.69) is 4.98 Å². The first-order valence-electron chi connectivity index (χ1n) is 7.60. The number of carbonyl (C=O) groups is 2. The number of aromatic nitrogens is 2. The highest BCUT2D eigenvalue weighted by atomic mass is 16.6. The summed E-state index contributed by atoms with van der Waals surface area (Å²) in [4.78, 5) is 29.5. The molecule has 1 aromatic heterocycles. The summed E-state index contributed by atoms with van der Waals surface area (Å²) < 4.78 is 6.90. The van der Waals surface area contributed by atoms with Crippen molar-refractivity contribution in [3.8, 4) is 0 Å². The van der Waals surface area contributed by atoms with E-state index in [-0.39, 0.29) is 12.6 Å². The van der Waals surface area contributed by atoms with Gasteiger partial charge in [0.05, 0.1) is 18.2 Å². The van der Waals surface area contributed by atoms with Crippen LogP contribution in [0, 0.1) is 0 Å². The Bertz CT molecular complexity index is 697. The Morgan fingerprint density at radius 3 is 2.46 bits per heavy atom. The van der Waals surface area contributed by atoms with Crippen molar-refractivity contribution < 1.29 is 19.4 Å². The van der Waals surface area contributed by atoms with Crippen LogP contribution in [-0.2, 0) is 23.2 Å². The van der Waals surface area contributed by atoms with Gasteiger partial charge in [0.15, 0.2) is 6.04 Å². The molecule has 1 N–H and O–H groups in total. The third-order valence-corrected chi connectivity index (χ3v) is 3.62. The van der Waals surface area contributed by atoms with Gasteiger partial charge in [0.2, 0.25) is 0 Å². The molecule has 0 aliphatic carbocycles. The van der Waals surface area contributed by atoms with E-state index in [4.69, 9.17) is 4.74 Å². The number of amides is 1. The average molecular weight is 331 g/mol. The van der Waals surface area contributed by atoms with Crippen LogP contribution in [-0.4, -0.2) is 37.7 Å². The number of carboxylic acid groups (broad SMARTS) is 1. The van der Waals surface area contributed by atoms with Crippen LogP contribution in [0.1, 0.15) is 31.1 Å². The van der Waals surface area contributed by atoms with Gasteiger partial charge in [-0.05, 0) is 19.4 Å². The van der Waals surface area contributed by atoms with E-state index in [0.29, 0.717) is 5.69 Å². The van der Waals surface area contributed by atoms with E-state index in [1.54, 1.807) is 25.5 Å². The zero-order chi connectivity index (χ0) is 17.7. The number of carboxylic acids is 1. The summed E-state index contributed by atoms with van der Waals surface area (Å²) >= 11 is 0. The molecule has 0 saturated heterocycles. The van der Waals surface area contributed by atoms with Gasteiger partial charge in [-0.15, -0.1) is 0 Å². The van der Waals surface area contributed by atoms with Crippen LogP contribution in [0.2, 0.25) is 0 Å². The predicted molar refractivity (Wildman–Crippen MR) is 87.2 cm³/mol. The summed E-state index contributed by atoms with van der Waals surface area (Å²) in [5, 5.41) is 9.63. The normalized spacial score (nSPS) is 12.0. The fourth-order valence-corrected chi connectivity index (χ4v) is 2.43. The second-order valence-electron chi connectivity index (χ2n) is 5.71. The molecular formula is C17H21N3O4. The molecule has 7 nitrogen and oxygen atoms in total. The van der Waals surface area contributed by atoms with Crippen molar-refractivity contribution in [3.63, 3.8) is 0 Å². The number of aryl methyl sites for hydroxylation is 1. The fraction of sp³-hybridized carbons (Fsp3) is 0.353. The first-order chi connectivity index (χ1) is 11.4. The third kappa shape index (κ3) is 3.92. The summed E-state index contributed by atoms with van der Waals surface area (Å²) in [6.07, 6.45) is 2.26. The van der Waals surface area contributed by atoms with Crippen LogP contribution in [0.5, 0.6) is 0 Å². The number of carbonyl (C=O) groups excluding carboxylic acids is 1. The van der Waals surface area contributed by atoms with E-state index in [0.717, 1.165) is 5.56 Å². The average Bonchev–Trinajstić information content (AvgIpc) is 2.96. The van der Waals surface area contributed by atoms with Gasteiger partial charge in [-0.2, -0.15) is 0 Å². The molecule has 0 spiro atoms. The largest absolute Gasteiger partial charge is 0.479 e. The summed E-state index contributed by atoms with van der Waals surface area (Å²) in [6, 6.07) is 7.71. The highest BCUT2D eigenvalue weighted by Crippen LogP contribution is 2.24. The lowest BCUT2D eigenvalue weighted by Crippen LogP contribution is -2.44. The van der Waals surface area contributed by atoms with Gasteiger partial charge in [-0.25, -0.2) is 14.6 Å². The van der Waals surface area contributed by atoms with Crippen molar-refractivity contribution >= 4 is 12.1 Å². The topological polar surface area (TPSA) is 84.7 Å². The predicted octanol–water partition coefficient (Wildman–Crippen LogP) is 2.59. The maximum atomic E-state index is 12.5. The fourth-order valence-electron chi connectivity index (χ4n) is 2.43. The second-order valence-corrected chi connectivity index (χ2v) is 5.71. The van der Waals surface area contributed by atoms with Gasteiger partial charge in [0, 0.05) is 13.1 Å². The van der Waals surface area contributed by atoms with Gasteiger partial charge in [0.1, 0.15) is 6.61 Å². The quantitative estimate of drug-likeness (QED) is 0.879. The number of nitrogens with zero attached hydrogens (tertiary/aromatic N) is 3. The number of hydrogen-bond acceptors (Lipinski definition) is 4. The molecule has 0 bridgehead atoms. The third-order valence-electron chi connectivity index (χ3n) is 3.62. The smallest absolute Gasteiger partial charge is 0.411 e. The van der Waals surface area contributed by atoms with Crippen molar-refractivity contribution in [2.24, 2.45) is 7.05 Å².